The number of nitrogens with one attached hydrogen (secondary N) is 1. The van der Waals surface area contributed by atoms with Gasteiger partial charge in [-0.1, -0.05) is 40.9 Å². The molecule has 0 radical (unpaired) electrons. The first-order chi connectivity index (χ1) is 12.2. The minimum absolute atomic E-state index is 0.0256. The Morgan fingerprint density at radius 2 is 1.85 bits per heavy atom. The minimum Gasteiger partial charge on any atom is -0.468 e. The smallest absolute Gasteiger partial charge is 0.235 e. The lowest BCUT2D eigenvalue weighted by atomic mass is 9.95. The van der Waals surface area contributed by atoms with Crippen molar-refractivity contribution in [2.75, 3.05) is 0 Å². The second-order valence-corrected chi connectivity index (χ2v) is 6.28. The molecule has 1 aliphatic rings. The number of allylic oxidation sites excluding steroid dienone is 1. The first-order valence-corrected chi connectivity index (χ1v) is 8.19. The summed E-state index contributed by atoms with van der Waals surface area (Å²) < 4.78 is 5.34. The molecule has 1 heterocycles. The van der Waals surface area contributed by atoms with Gasteiger partial charge in [-0.25, -0.2) is 10.4 Å². The van der Waals surface area contributed by atoms with E-state index in [1.165, 1.54) is 26.0 Å². The Hall–Kier alpha value is -2.40. The number of nitriles is 1. The fourth-order valence-corrected chi connectivity index (χ4v) is 3.09. The number of rotatable bonds is 3. The Labute approximate surface area is 163 Å². The van der Waals surface area contributed by atoms with Crippen LogP contribution in [0.2, 0.25) is 15.1 Å². The van der Waals surface area contributed by atoms with Gasteiger partial charge in [0.2, 0.25) is 18.0 Å². The van der Waals surface area contributed by atoms with Gasteiger partial charge in [-0.3, -0.25) is 9.59 Å². The van der Waals surface area contributed by atoms with E-state index in [9.17, 15) is 14.9 Å². The van der Waals surface area contributed by atoms with Gasteiger partial charge in [0.05, 0.1) is 20.6 Å². The number of hydrogen-bond acceptors (Lipinski definition) is 6. The number of nitrogens with zero attached hydrogens (tertiary/aromatic N) is 3. The molecule has 134 valence electrons. The third-order valence-electron chi connectivity index (χ3n) is 3.51. The van der Waals surface area contributed by atoms with Gasteiger partial charge in [0.15, 0.2) is 0 Å². The average Bonchev–Trinajstić information content (AvgIpc) is 2.59. The average molecular weight is 414 g/mol. The first kappa shape index (κ1) is 19.9. The molecule has 0 bridgehead atoms. The summed E-state index contributed by atoms with van der Waals surface area (Å²) in [6.45, 7) is 2.34. The highest BCUT2D eigenvalue weighted by Crippen LogP contribution is 2.41. The van der Waals surface area contributed by atoms with Crippen LogP contribution >= 0.6 is 34.8 Å². The molecule has 26 heavy (non-hydrogen) atoms. The van der Waals surface area contributed by atoms with Crippen molar-refractivity contribution < 1.29 is 14.3 Å². The van der Waals surface area contributed by atoms with E-state index >= 15 is 0 Å². The number of imide groups is 1. The van der Waals surface area contributed by atoms with Crippen LogP contribution in [0.15, 0.2) is 34.8 Å². The Kier molecular flexibility index (Phi) is 6.03. The highest BCUT2D eigenvalue weighted by molar-refractivity contribution is 6.48. The SMILES string of the molecule is CC(=O)N(C(C)=O)C1=COC(N=N)C(c2ccc(Cl)c(Cl)c2Cl)=C1C#N. The highest BCUT2D eigenvalue weighted by Gasteiger charge is 2.34. The van der Waals surface area contributed by atoms with E-state index in [1.807, 2.05) is 6.07 Å². The highest BCUT2D eigenvalue weighted by atomic mass is 35.5. The van der Waals surface area contributed by atoms with Crippen LogP contribution in [0.1, 0.15) is 19.4 Å². The summed E-state index contributed by atoms with van der Waals surface area (Å²) in [6.07, 6.45) is -0.164. The maximum absolute atomic E-state index is 11.9. The van der Waals surface area contributed by atoms with Crippen molar-refractivity contribution in [2.45, 2.75) is 20.1 Å². The standard InChI is InChI=1S/C16H11Cl3N4O3/c1-7(24)23(8(2)25)12-6-26-16(22-21)13(10(12)5-20)9-3-4-11(17)15(19)14(9)18/h3-4,6,16,21H,1-2H3. The van der Waals surface area contributed by atoms with Gasteiger partial charge in [-0.05, 0) is 6.07 Å². The van der Waals surface area contributed by atoms with Crippen LogP contribution in [0, 0.1) is 16.9 Å². The zero-order chi connectivity index (χ0) is 19.6. The fraction of sp³-hybridized carbons (Fsp3) is 0.188. The Bertz CT molecular complexity index is 904. The maximum Gasteiger partial charge on any atom is 0.235 e. The summed E-state index contributed by atoms with van der Waals surface area (Å²) in [7, 11) is 0. The monoisotopic (exact) mass is 412 g/mol. The quantitative estimate of drug-likeness (QED) is 0.579. The van der Waals surface area contributed by atoms with Crippen molar-refractivity contribution in [2.24, 2.45) is 5.11 Å². The van der Waals surface area contributed by atoms with Crippen LogP contribution in [-0.2, 0) is 14.3 Å². The summed E-state index contributed by atoms with van der Waals surface area (Å²) in [5.74, 6) is -1.22. The van der Waals surface area contributed by atoms with Gasteiger partial charge in [-0.2, -0.15) is 5.26 Å². The van der Waals surface area contributed by atoms with Crippen LogP contribution in [0.3, 0.4) is 0 Å². The number of halogens is 3. The van der Waals surface area contributed by atoms with Crippen LogP contribution in [0.4, 0.5) is 0 Å². The van der Waals surface area contributed by atoms with Crippen molar-refractivity contribution in [3.05, 3.63) is 50.3 Å². The Morgan fingerprint density at radius 1 is 1.23 bits per heavy atom. The molecule has 1 unspecified atom stereocenters. The van der Waals surface area contributed by atoms with Crippen molar-refractivity contribution in [1.82, 2.24) is 4.90 Å². The summed E-state index contributed by atoms with van der Waals surface area (Å²) >= 11 is 18.2. The van der Waals surface area contributed by atoms with Crippen molar-refractivity contribution >= 4 is 52.2 Å². The molecule has 2 amide bonds. The summed E-state index contributed by atoms with van der Waals surface area (Å²) in [6, 6.07) is 4.87. The molecule has 10 heteroatoms. The van der Waals surface area contributed by atoms with Crippen molar-refractivity contribution in [3.8, 4) is 6.07 Å². The van der Waals surface area contributed by atoms with Gasteiger partial charge < -0.3 is 4.74 Å². The topological polar surface area (TPSA) is 107 Å². The Morgan fingerprint density at radius 3 is 2.35 bits per heavy atom. The van der Waals surface area contributed by atoms with Crippen molar-refractivity contribution in [1.29, 1.82) is 10.8 Å². The molecule has 0 spiro atoms. The van der Waals surface area contributed by atoms with Crippen LogP contribution in [-0.4, -0.2) is 22.9 Å². The summed E-state index contributed by atoms with van der Waals surface area (Å²) in [5, 5.41) is 13.3. The molecule has 0 saturated carbocycles. The predicted molar refractivity (Wildman–Crippen MR) is 95.3 cm³/mol. The fourth-order valence-electron chi connectivity index (χ4n) is 2.46. The lowest BCUT2D eigenvalue weighted by Crippen LogP contribution is -2.35. The van der Waals surface area contributed by atoms with E-state index in [-0.39, 0.29) is 37.5 Å². The molecule has 1 atom stereocenters. The third kappa shape index (κ3) is 3.44. The predicted octanol–water partition coefficient (Wildman–Crippen LogP) is 4.55. The molecule has 0 fully saturated rings. The Balaban J connectivity index is 2.81. The first-order valence-electron chi connectivity index (χ1n) is 7.06. The molecular formula is C16H11Cl3N4O3. The number of carbonyl (C=O) groups is 2. The molecular weight excluding hydrogens is 403 g/mol. The molecule has 1 aromatic carbocycles. The second-order valence-electron chi connectivity index (χ2n) is 5.12. The largest absolute Gasteiger partial charge is 0.468 e. The number of hydrogen-bond donors (Lipinski definition) is 1. The number of amides is 2. The van der Waals surface area contributed by atoms with Crippen LogP contribution < -0.4 is 0 Å². The van der Waals surface area contributed by atoms with Crippen molar-refractivity contribution in [3.63, 3.8) is 0 Å². The van der Waals surface area contributed by atoms with Gasteiger partial charge in [-0.15, -0.1) is 5.11 Å². The molecule has 0 aromatic heterocycles. The van der Waals surface area contributed by atoms with Crippen LogP contribution in [0.25, 0.3) is 5.57 Å². The van der Waals surface area contributed by atoms with E-state index < -0.39 is 18.0 Å². The molecule has 1 aliphatic heterocycles. The van der Waals surface area contributed by atoms with E-state index in [0.29, 0.717) is 0 Å². The molecule has 1 aromatic rings. The maximum atomic E-state index is 11.9. The molecule has 0 saturated heterocycles. The van der Waals surface area contributed by atoms with E-state index in [0.717, 1.165) is 11.2 Å². The van der Waals surface area contributed by atoms with Gasteiger partial charge in [0, 0.05) is 25.0 Å². The van der Waals surface area contributed by atoms with Gasteiger partial charge in [0.25, 0.3) is 0 Å². The van der Waals surface area contributed by atoms with E-state index in [4.69, 9.17) is 45.1 Å². The third-order valence-corrected chi connectivity index (χ3v) is 4.80. The minimum atomic E-state index is -1.20. The second kappa shape index (κ2) is 7.87. The lowest BCUT2D eigenvalue weighted by Gasteiger charge is -2.28. The van der Waals surface area contributed by atoms with Gasteiger partial charge >= 0.3 is 0 Å². The number of ether oxygens (including phenoxy) is 1. The molecule has 0 aliphatic carbocycles. The van der Waals surface area contributed by atoms with Crippen LogP contribution in [0.5, 0.6) is 0 Å². The molecule has 2 rings (SSSR count). The summed E-state index contributed by atoms with van der Waals surface area (Å²) in [5.41, 5.74) is 7.49. The number of carbonyl (C=O) groups excluding carboxylic acids is 2. The molecule has 7 nitrogen and oxygen atoms in total. The van der Waals surface area contributed by atoms with E-state index in [1.54, 1.807) is 0 Å². The zero-order valence-corrected chi connectivity index (χ0v) is 15.8. The van der Waals surface area contributed by atoms with Gasteiger partial charge in [0.1, 0.15) is 18.0 Å². The normalized spacial score (nSPS) is 16.3. The number of benzene rings is 1. The molecule has 1 N–H and O–H groups in total. The van der Waals surface area contributed by atoms with E-state index in [2.05, 4.69) is 5.11 Å². The lowest BCUT2D eigenvalue weighted by molar-refractivity contribution is -0.139. The zero-order valence-electron chi connectivity index (χ0n) is 13.5. The summed E-state index contributed by atoms with van der Waals surface area (Å²) in [4.78, 5) is 24.5.